The molecule has 2 aromatic carbocycles. The largest absolute Gasteiger partial charge is 0.481 e. The number of fused-ring (bicyclic) bond motifs is 1. The van der Waals surface area contributed by atoms with Gasteiger partial charge in [0.15, 0.2) is 11.4 Å². The summed E-state index contributed by atoms with van der Waals surface area (Å²) in [5, 5.41) is 14.1. The smallest absolute Gasteiger partial charge is 0.306 e. The van der Waals surface area contributed by atoms with Crippen molar-refractivity contribution in [3.8, 4) is 0 Å². The SMILES string of the molecule is Cc1ccc(F)cc1Nc1nc2ccc(CC(=O)N3[C@H](COC4CCC(C(=O)O)CC4)CC[C@H]3CN3CCCO3)c(F)c2o1. The zero-order valence-electron chi connectivity index (χ0n) is 24.8. The Morgan fingerprint density at radius 1 is 1.09 bits per heavy atom. The maximum atomic E-state index is 15.7. The minimum Gasteiger partial charge on any atom is -0.481 e. The first-order chi connectivity index (χ1) is 21.2. The molecule has 12 heteroatoms. The number of carboxylic acids is 1. The van der Waals surface area contributed by atoms with Gasteiger partial charge in [0, 0.05) is 30.4 Å². The standard InChI is InChI=1S/C32H38F2N4O6/c1-19-3-7-22(33)16-27(19)36-32-35-26-12-6-21(29(34)30(26)44-32)15-28(39)38-23(17-37-13-2-14-43-37)8-9-24(38)18-42-25-10-4-20(5-11-25)31(40)41/h3,6-7,12,16,20,23-25H,2,4-5,8-11,13-15,17-18H2,1H3,(H,35,36)(H,40,41)/t20?,23-,24-,25?/m0/s1. The highest BCUT2D eigenvalue weighted by atomic mass is 19.1. The highest BCUT2D eigenvalue weighted by Crippen LogP contribution is 2.32. The van der Waals surface area contributed by atoms with Crippen molar-refractivity contribution in [2.75, 3.05) is 31.6 Å². The number of hydroxylamine groups is 2. The molecule has 1 aliphatic carbocycles. The van der Waals surface area contributed by atoms with Crippen LogP contribution in [0.4, 0.5) is 20.5 Å². The first kappa shape index (κ1) is 30.4. The van der Waals surface area contributed by atoms with Crippen LogP contribution in [0.1, 0.15) is 56.1 Å². The predicted octanol–water partition coefficient (Wildman–Crippen LogP) is 5.36. The molecular weight excluding hydrogens is 574 g/mol. The van der Waals surface area contributed by atoms with Crippen molar-refractivity contribution in [2.24, 2.45) is 5.92 Å². The molecule has 3 aliphatic rings. The number of ether oxygens (including phenoxy) is 1. The van der Waals surface area contributed by atoms with Crippen LogP contribution in [0, 0.1) is 24.5 Å². The van der Waals surface area contributed by atoms with Crippen molar-refractivity contribution >= 4 is 34.7 Å². The van der Waals surface area contributed by atoms with Crippen LogP contribution in [0.25, 0.3) is 11.1 Å². The average molecular weight is 613 g/mol. The molecule has 3 fully saturated rings. The van der Waals surface area contributed by atoms with E-state index in [-0.39, 0.29) is 59.1 Å². The number of nitrogens with zero attached hydrogens (tertiary/aromatic N) is 3. The second-order valence-corrected chi connectivity index (χ2v) is 12.1. The molecule has 10 nitrogen and oxygen atoms in total. The van der Waals surface area contributed by atoms with Crippen LogP contribution in [-0.2, 0) is 25.6 Å². The summed E-state index contributed by atoms with van der Waals surface area (Å²) in [4.78, 5) is 37.0. The number of aromatic nitrogens is 1. The normalized spacial score (nSPS) is 24.3. The fourth-order valence-corrected chi connectivity index (χ4v) is 6.60. The minimum absolute atomic E-state index is 0.0240. The molecule has 2 saturated heterocycles. The summed E-state index contributed by atoms with van der Waals surface area (Å²) in [6.45, 7) is 4.19. The van der Waals surface area contributed by atoms with E-state index in [4.69, 9.17) is 14.0 Å². The van der Waals surface area contributed by atoms with E-state index in [0.717, 1.165) is 31.4 Å². The Kier molecular flexibility index (Phi) is 9.11. The molecular formula is C32H38F2N4O6. The van der Waals surface area contributed by atoms with Crippen LogP contribution >= 0.6 is 0 Å². The molecule has 1 aromatic heterocycles. The number of anilines is 2. The quantitative estimate of drug-likeness (QED) is 0.312. The van der Waals surface area contributed by atoms with Crippen molar-refractivity contribution in [1.82, 2.24) is 14.9 Å². The van der Waals surface area contributed by atoms with Gasteiger partial charge in [-0.1, -0.05) is 12.1 Å². The number of carboxylic acid groups (broad SMARTS) is 1. The highest BCUT2D eigenvalue weighted by molar-refractivity contribution is 5.83. The molecule has 3 heterocycles. The fourth-order valence-electron chi connectivity index (χ4n) is 6.60. The summed E-state index contributed by atoms with van der Waals surface area (Å²) in [5.74, 6) is -2.37. The molecule has 2 aliphatic heterocycles. The average Bonchev–Trinajstić information content (AvgIpc) is 3.76. The Labute approximate surface area is 254 Å². The molecule has 0 radical (unpaired) electrons. The van der Waals surface area contributed by atoms with Crippen LogP contribution in [0.2, 0.25) is 0 Å². The molecule has 236 valence electrons. The number of likely N-dealkylation sites (tertiary alicyclic amines) is 1. The lowest BCUT2D eigenvalue weighted by atomic mass is 9.87. The highest BCUT2D eigenvalue weighted by Gasteiger charge is 2.39. The topological polar surface area (TPSA) is 117 Å². The number of rotatable bonds is 10. The summed E-state index contributed by atoms with van der Waals surface area (Å²) < 4.78 is 41.4. The minimum atomic E-state index is -0.757. The van der Waals surface area contributed by atoms with Crippen molar-refractivity contribution < 1.29 is 37.5 Å². The van der Waals surface area contributed by atoms with Crippen LogP contribution in [-0.4, -0.2) is 76.4 Å². The Bertz CT molecular complexity index is 1500. The maximum Gasteiger partial charge on any atom is 0.306 e. The molecule has 44 heavy (non-hydrogen) atoms. The molecule has 0 unspecified atom stereocenters. The Morgan fingerprint density at radius 2 is 1.89 bits per heavy atom. The van der Waals surface area contributed by atoms with Gasteiger partial charge in [-0.25, -0.2) is 8.78 Å². The summed E-state index contributed by atoms with van der Waals surface area (Å²) in [7, 11) is 0. The van der Waals surface area contributed by atoms with Crippen LogP contribution in [0.15, 0.2) is 34.7 Å². The molecule has 3 aromatic rings. The van der Waals surface area contributed by atoms with Crippen LogP contribution in [0.3, 0.4) is 0 Å². The number of amides is 1. The van der Waals surface area contributed by atoms with E-state index in [0.29, 0.717) is 51.1 Å². The number of hydrogen-bond donors (Lipinski definition) is 2. The molecule has 6 rings (SSSR count). The van der Waals surface area contributed by atoms with Gasteiger partial charge in [-0.3, -0.25) is 14.4 Å². The zero-order chi connectivity index (χ0) is 30.8. The van der Waals surface area contributed by atoms with Crippen LogP contribution < -0.4 is 5.32 Å². The summed E-state index contributed by atoms with van der Waals surface area (Å²) in [6, 6.07) is 7.20. The molecule has 2 N–H and O–H groups in total. The van der Waals surface area contributed by atoms with Gasteiger partial charge in [0.25, 0.3) is 6.01 Å². The molecule has 0 spiro atoms. The Hall–Kier alpha value is -3.61. The lowest BCUT2D eigenvalue weighted by molar-refractivity contribution is -0.146. The summed E-state index contributed by atoms with van der Waals surface area (Å²) >= 11 is 0. The van der Waals surface area contributed by atoms with E-state index in [1.165, 1.54) is 12.1 Å². The third-order valence-electron chi connectivity index (χ3n) is 9.06. The first-order valence-electron chi connectivity index (χ1n) is 15.4. The summed E-state index contributed by atoms with van der Waals surface area (Å²) in [6.07, 6.45) is 4.82. The van der Waals surface area contributed by atoms with Gasteiger partial charge in [-0.15, -0.1) is 0 Å². The number of benzene rings is 2. The number of oxazole rings is 1. The second kappa shape index (κ2) is 13.2. The van der Waals surface area contributed by atoms with Gasteiger partial charge in [0.05, 0.1) is 37.7 Å². The van der Waals surface area contributed by atoms with Crippen molar-refractivity contribution in [2.45, 2.75) is 76.5 Å². The molecule has 1 saturated carbocycles. The van der Waals surface area contributed by atoms with Crippen molar-refractivity contribution in [3.05, 3.63) is 53.1 Å². The lowest BCUT2D eigenvalue weighted by Crippen LogP contribution is -2.48. The fraction of sp³-hybridized carbons (Fsp3) is 0.531. The maximum absolute atomic E-state index is 15.7. The van der Waals surface area contributed by atoms with Crippen molar-refractivity contribution in [1.29, 1.82) is 0 Å². The van der Waals surface area contributed by atoms with Gasteiger partial charge >= 0.3 is 5.97 Å². The molecule has 0 bridgehead atoms. The van der Waals surface area contributed by atoms with E-state index in [1.807, 2.05) is 9.96 Å². The van der Waals surface area contributed by atoms with Gasteiger partial charge in [-0.2, -0.15) is 10.0 Å². The zero-order valence-corrected chi connectivity index (χ0v) is 24.8. The Balaban J connectivity index is 1.16. The van der Waals surface area contributed by atoms with E-state index in [9.17, 15) is 19.1 Å². The van der Waals surface area contributed by atoms with Gasteiger partial charge in [-0.05, 0) is 75.6 Å². The lowest BCUT2D eigenvalue weighted by Gasteiger charge is -2.34. The number of aliphatic carboxylic acids is 1. The monoisotopic (exact) mass is 612 g/mol. The van der Waals surface area contributed by atoms with Gasteiger partial charge in [0.1, 0.15) is 11.3 Å². The Morgan fingerprint density at radius 3 is 2.64 bits per heavy atom. The number of halogens is 2. The third kappa shape index (κ3) is 6.72. The van der Waals surface area contributed by atoms with Gasteiger partial charge < -0.3 is 24.5 Å². The number of hydrogen-bond acceptors (Lipinski definition) is 8. The van der Waals surface area contributed by atoms with E-state index in [1.54, 1.807) is 25.1 Å². The predicted molar refractivity (Wildman–Crippen MR) is 157 cm³/mol. The van der Waals surface area contributed by atoms with Gasteiger partial charge in [0.2, 0.25) is 5.91 Å². The van der Waals surface area contributed by atoms with E-state index < -0.39 is 17.6 Å². The summed E-state index contributed by atoms with van der Waals surface area (Å²) in [5.41, 5.74) is 1.63. The van der Waals surface area contributed by atoms with E-state index in [2.05, 4.69) is 10.3 Å². The number of carbonyl (C=O) groups is 2. The van der Waals surface area contributed by atoms with Crippen LogP contribution in [0.5, 0.6) is 0 Å². The number of nitrogens with one attached hydrogen (secondary N) is 1. The number of carbonyl (C=O) groups excluding carboxylic acids is 1. The molecule has 1 amide bonds. The van der Waals surface area contributed by atoms with E-state index >= 15 is 4.39 Å². The second-order valence-electron chi connectivity index (χ2n) is 12.1. The number of aryl methyl sites for hydroxylation is 1. The molecule has 2 atom stereocenters. The van der Waals surface area contributed by atoms with Crippen molar-refractivity contribution in [3.63, 3.8) is 0 Å². The first-order valence-corrected chi connectivity index (χ1v) is 15.4. The third-order valence-corrected chi connectivity index (χ3v) is 9.06.